The van der Waals surface area contributed by atoms with Crippen LogP contribution >= 0.6 is 0 Å². The highest BCUT2D eigenvalue weighted by Crippen LogP contribution is 2.39. The van der Waals surface area contributed by atoms with E-state index in [4.69, 9.17) is 4.74 Å². The fourth-order valence-electron chi connectivity index (χ4n) is 3.31. The average molecular weight is 312 g/mol. The number of benzene rings is 1. The third-order valence-corrected chi connectivity index (χ3v) is 4.36. The zero-order chi connectivity index (χ0) is 16.2. The van der Waals surface area contributed by atoms with Crippen LogP contribution in [0.4, 0.5) is 13.2 Å². The Labute approximate surface area is 130 Å². The largest absolute Gasteiger partial charge is 0.499 e. The van der Waals surface area contributed by atoms with E-state index in [1.165, 1.54) is 12.1 Å². The Bertz CT molecular complexity index is 490. The molecule has 0 saturated heterocycles. The lowest BCUT2D eigenvalue weighted by Gasteiger charge is -2.30. The summed E-state index contributed by atoms with van der Waals surface area (Å²) in [5.41, 5.74) is 0.438. The molecule has 1 aliphatic carbocycles. The maximum absolute atomic E-state index is 12.6. The first kappa shape index (κ1) is 16.9. The minimum absolute atomic E-state index is 0.343. The molecule has 1 aromatic carbocycles. The first-order valence-electron chi connectivity index (χ1n) is 7.88. The molecular formula is C18H23F3O. The molecule has 0 N–H and O–H groups in total. The molecule has 4 heteroatoms. The molecule has 0 aromatic heterocycles. The topological polar surface area (TPSA) is 9.23 Å². The van der Waals surface area contributed by atoms with Crippen LogP contribution in [0, 0.1) is 5.92 Å². The number of halogens is 3. The lowest BCUT2D eigenvalue weighted by molar-refractivity contribution is -0.137. The fraction of sp³-hybridized carbons (Fsp3) is 0.556. The van der Waals surface area contributed by atoms with Gasteiger partial charge in [0.05, 0.1) is 17.9 Å². The molecule has 122 valence electrons. The van der Waals surface area contributed by atoms with Crippen LogP contribution in [-0.4, -0.2) is 6.61 Å². The van der Waals surface area contributed by atoms with Gasteiger partial charge in [0.15, 0.2) is 0 Å². The highest BCUT2D eigenvalue weighted by atomic mass is 19.4. The number of allylic oxidation sites excluding steroid dienone is 1. The number of hydrogen-bond donors (Lipinski definition) is 0. The van der Waals surface area contributed by atoms with Gasteiger partial charge in [0.2, 0.25) is 0 Å². The molecule has 0 amide bonds. The Morgan fingerprint density at radius 2 is 1.91 bits per heavy atom. The Balaban J connectivity index is 1.98. The van der Waals surface area contributed by atoms with Crippen molar-refractivity contribution in [2.75, 3.05) is 6.61 Å². The van der Waals surface area contributed by atoms with Gasteiger partial charge in [-0.1, -0.05) is 25.1 Å². The Kier molecular flexibility index (Phi) is 5.54. The van der Waals surface area contributed by atoms with Gasteiger partial charge < -0.3 is 4.74 Å². The van der Waals surface area contributed by atoms with Crippen LogP contribution in [0.1, 0.15) is 56.1 Å². The number of ether oxygens (including phenoxy) is 1. The molecule has 0 radical (unpaired) electrons. The normalized spacial score (nSPS) is 22.4. The van der Waals surface area contributed by atoms with Gasteiger partial charge in [-0.25, -0.2) is 0 Å². The van der Waals surface area contributed by atoms with E-state index < -0.39 is 11.7 Å². The van der Waals surface area contributed by atoms with E-state index in [-0.39, 0.29) is 0 Å². The minimum Gasteiger partial charge on any atom is -0.499 e. The van der Waals surface area contributed by atoms with Crippen LogP contribution < -0.4 is 0 Å². The molecule has 0 spiro atoms. The number of hydrogen-bond acceptors (Lipinski definition) is 1. The average Bonchev–Trinajstić information content (AvgIpc) is 2.47. The van der Waals surface area contributed by atoms with E-state index in [0.29, 0.717) is 18.4 Å². The Hall–Kier alpha value is -1.45. The number of rotatable bonds is 5. The third-order valence-electron chi connectivity index (χ3n) is 4.36. The molecule has 2 rings (SSSR count). The van der Waals surface area contributed by atoms with Crippen molar-refractivity contribution < 1.29 is 17.9 Å². The standard InChI is InChI=1S/C18H23F3O/c1-3-22-13(2)11-14-5-4-6-16(12-14)15-7-9-17(10-8-15)18(19,20)21/h7-10,14,16H,2-6,11-12H2,1H3. The van der Waals surface area contributed by atoms with Crippen molar-refractivity contribution in [3.05, 3.63) is 47.7 Å². The van der Waals surface area contributed by atoms with E-state index in [1.54, 1.807) is 12.1 Å². The highest BCUT2D eigenvalue weighted by molar-refractivity contribution is 5.27. The van der Waals surface area contributed by atoms with Crippen LogP contribution in [0.25, 0.3) is 0 Å². The van der Waals surface area contributed by atoms with Crippen molar-refractivity contribution in [2.45, 2.75) is 51.1 Å². The van der Waals surface area contributed by atoms with Crippen LogP contribution in [0.5, 0.6) is 0 Å². The molecular weight excluding hydrogens is 289 g/mol. The van der Waals surface area contributed by atoms with Crippen LogP contribution in [0.2, 0.25) is 0 Å². The second kappa shape index (κ2) is 7.21. The zero-order valence-electron chi connectivity index (χ0n) is 13.0. The van der Waals surface area contributed by atoms with Crippen LogP contribution in [0.15, 0.2) is 36.6 Å². The summed E-state index contributed by atoms with van der Waals surface area (Å²) in [6.45, 7) is 6.50. The summed E-state index contributed by atoms with van der Waals surface area (Å²) in [5.74, 6) is 1.68. The predicted octanol–water partition coefficient (Wildman–Crippen LogP) is 5.92. The predicted molar refractivity (Wildman–Crippen MR) is 81.5 cm³/mol. The molecule has 1 aliphatic rings. The van der Waals surface area contributed by atoms with Gasteiger partial charge in [-0.3, -0.25) is 0 Å². The molecule has 1 fully saturated rings. The van der Waals surface area contributed by atoms with E-state index in [1.807, 2.05) is 6.92 Å². The second-order valence-corrected chi connectivity index (χ2v) is 6.03. The summed E-state index contributed by atoms with van der Waals surface area (Å²) >= 11 is 0. The summed E-state index contributed by atoms with van der Waals surface area (Å²) in [4.78, 5) is 0. The highest BCUT2D eigenvalue weighted by Gasteiger charge is 2.31. The van der Waals surface area contributed by atoms with E-state index >= 15 is 0 Å². The molecule has 1 aromatic rings. The monoisotopic (exact) mass is 312 g/mol. The quantitative estimate of drug-likeness (QED) is 0.613. The van der Waals surface area contributed by atoms with E-state index in [2.05, 4.69) is 6.58 Å². The SMILES string of the molecule is C=C(CC1CCCC(c2ccc(C(F)(F)F)cc2)C1)OCC. The van der Waals surface area contributed by atoms with Crippen molar-refractivity contribution in [2.24, 2.45) is 5.92 Å². The van der Waals surface area contributed by atoms with E-state index in [9.17, 15) is 13.2 Å². The van der Waals surface area contributed by atoms with Crippen molar-refractivity contribution >= 4 is 0 Å². The van der Waals surface area contributed by atoms with Gasteiger partial charge >= 0.3 is 6.18 Å². The van der Waals surface area contributed by atoms with Crippen molar-refractivity contribution in [3.63, 3.8) is 0 Å². The van der Waals surface area contributed by atoms with Gasteiger partial charge in [0.1, 0.15) is 0 Å². The van der Waals surface area contributed by atoms with Crippen molar-refractivity contribution in [3.8, 4) is 0 Å². The summed E-state index contributed by atoms with van der Waals surface area (Å²) in [7, 11) is 0. The lowest BCUT2D eigenvalue weighted by atomic mass is 9.76. The van der Waals surface area contributed by atoms with Gasteiger partial charge in [-0.2, -0.15) is 13.2 Å². The second-order valence-electron chi connectivity index (χ2n) is 6.03. The van der Waals surface area contributed by atoms with Crippen LogP contribution in [0.3, 0.4) is 0 Å². The molecule has 0 bridgehead atoms. The Morgan fingerprint density at radius 1 is 1.23 bits per heavy atom. The first-order valence-corrected chi connectivity index (χ1v) is 7.88. The Morgan fingerprint density at radius 3 is 2.50 bits per heavy atom. The van der Waals surface area contributed by atoms with Crippen molar-refractivity contribution in [1.29, 1.82) is 0 Å². The molecule has 22 heavy (non-hydrogen) atoms. The molecule has 2 unspecified atom stereocenters. The maximum atomic E-state index is 12.6. The fourth-order valence-corrected chi connectivity index (χ4v) is 3.31. The molecule has 1 nitrogen and oxygen atoms in total. The van der Waals surface area contributed by atoms with E-state index in [0.717, 1.165) is 43.4 Å². The van der Waals surface area contributed by atoms with Gasteiger partial charge in [0, 0.05) is 6.42 Å². The summed E-state index contributed by atoms with van der Waals surface area (Å²) < 4.78 is 43.3. The molecule has 1 saturated carbocycles. The van der Waals surface area contributed by atoms with Gasteiger partial charge in [-0.15, -0.1) is 0 Å². The van der Waals surface area contributed by atoms with Crippen molar-refractivity contribution in [1.82, 2.24) is 0 Å². The van der Waals surface area contributed by atoms with Crippen LogP contribution in [-0.2, 0) is 10.9 Å². The first-order chi connectivity index (χ1) is 10.4. The number of alkyl halides is 3. The smallest absolute Gasteiger partial charge is 0.416 e. The maximum Gasteiger partial charge on any atom is 0.416 e. The summed E-state index contributed by atoms with van der Waals surface area (Å²) in [6.07, 6.45) is 0.882. The summed E-state index contributed by atoms with van der Waals surface area (Å²) in [5, 5.41) is 0. The van der Waals surface area contributed by atoms with Gasteiger partial charge in [0.25, 0.3) is 0 Å². The third kappa shape index (κ3) is 4.52. The lowest BCUT2D eigenvalue weighted by Crippen LogP contribution is -2.15. The zero-order valence-corrected chi connectivity index (χ0v) is 13.0. The minimum atomic E-state index is -4.26. The molecule has 0 aliphatic heterocycles. The molecule has 0 heterocycles. The van der Waals surface area contributed by atoms with Gasteiger partial charge in [-0.05, 0) is 55.7 Å². The summed E-state index contributed by atoms with van der Waals surface area (Å²) in [6, 6.07) is 5.65. The molecule has 2 atom stereocenters.